The van der Waals surface area contributed by atoms with E-state index in [-0.39, 0.29) is 17.6 Å². The summed E-state index contributed by atoms with van der Waals surface area (Å²) in [6.45, 7) is 9.85. The van der Waals surface area contributed by atoms with Gasteiger partial charge in [0, 0.05) is 4.90 Å². The van der Waals surface area contributed by atoms with Crippen molar-refractivity contribution in [1.29, 1.82) is 0 Å². The van der Waals surface area contributed by atoms with Crippen LogP contribution in [0, 0.1) is 17.8 Å². The quantitative estimate of drug-likeness (QED) is 0.550. The van der Waals surface area contributed by atoms with E-state index in [1.807, 2.05) is 6.07 Å². The molecule has 2 nitrogen and oxygen atoms in total. The zero-order valence-electron chi connectivity index (χ0n) is 16.9. The van der Waals surface area contributed by atoms with Crippen molar-refractivity contribution < 1.29 is 9.47 Å². The van der Waals surface area contributed by atoms with Gasteiger partial charge in [-0.25, -0.2) is 0 Å². The van der Waals surface area contributed by atoms with Crippen LogP contribution in [0.3, 0.4) is 0 Å². The SMILES string of the molecule is CC[C@@H](C)C1O[C@H](Sc2ccccc2)C(OCc2ccccc2)[C@@H](C)[C@@H]1C. The second kappa shape index (κ2) is 9.77. The zero-order chi connectivity index (χ0) is 19.2. The standard InChI is InChI=1S/C24H32O2S/c1-5-17(2)22-18(3)19(4)23(25-16-20-12-8-6-9-13-20)24(26-22)27-21-14-10-7-11-15-21/h6-15,17-19,22-24H,5,16H2,1-4H3/t17-,18+,19+,22?,23?,24-/m1/s1. The molecule has 2 aromatic rings. The molecule has 0 spiro atoms. The summed E-state index contributed by atoms with van der Waals surface area (Å²) in [5.41, 5.74) is 1.23. The highest BCUT2D eigenvalue weighted by Gasteiger charge is 2.44. The van der Waals surface area contributed by atoms with E-state index in [2.05, 4.69) is 82.3 Å². The fourth-order valence-electron chi connectivity index (χ4n) is 3.81. The minimum atomic E-state index is 0.0151. The van der Waals surface area contributed by atoms with E-state index in [1.165, 1.54) is 10.5 Å². The molecule has 1 saturated heterocycles. The van der Waals surface area contributed by atoms with Crippen LogP contribution >= 0.6 is 11.8 Å². The van der Waals surface area contributed by atoms with Gasteiger partial charge < -0.3 is 9.47 Å². The molecule has 0 saturated carbocycles. The highest BCUT2D eigenvalue weighted by Crippen LogP contribution is 2.42. The first-order valence-electron chi connectivity index (χ1n) is 10.1. The van der Waals surface area contributed by atoms with Crippen molar-refractivity contribution in [2.24, 2.45) is 17.8 Å². The molecular weight excluding hydrogens is 352 g/mol. The maximum Gasteiger partial charge on any atom is 0.134 e. The number of benzene rings is 2. The van der Waals surface area contributed by atoms with Gasteiger partial charge in [-0.2, -0.15) is 0 Å². The van der Waals surface area contributed by atoms with Crippen LogP contribution in [0.5, 0.6) is 0 Å². The molecule has 2 aromatic carbocycles. The summed E-state index contributed by atoms with van der Waals surface area (Å²) in [5, 5.41) is 0. The Labute approximate surface area is 168 Å². The molecule has 1 heterocycles. The Kier molecular flexibility index (Phi) is 7.40. The van der Waals surface area contributed by atoms with Gasteiger partial charge in [0.25, 0.3) is 0 Å². The molecule has 1 aliphatic heterocycles. The second-order valence-electron chi connectivity index (χ2n) is 7.76. The van der Waals surface area contributed by atoms with Gasteiger partial charge in [-0.05, 0) is 35.4 Å². The van der Waals surface area contributed by atoms with Crippen molar-refractivity contribution in [3.05, 3.63) is 66.2 Å². The van der Waals surface area contributed by atoms with E-state index in [0.717, 1.165) is 6.42 Å². The molecule has 2 unspecified atom stereocenters. The summed E-state index contributed by atoms with van der Waals surface area (Å²) in [4.78, 5) is 1.24. The Balaban J connectivity index is 1.78. The average molecular weight is 385 g/mol. The van der Waals surface area contributed by atoms with Gasteiger partial charge in [-0.1, -0.05) is 94.4 Å². The molecular formula is C24H32O2S. The minimum absolute atomic E-state index is 0.0151. The highest BCUT2D eigenvalue weighted by molar-refractivity contribution is 7.99. The number of thioether (sulfide) groups is 1. The molecule has 0 amide bonds. The number of rotatable bonds is 7. The fraction of sp³-hybridized carbons (Fsp3) is 0.500. The molecule has 0 bridgehead atoms. The summed E-state index contributed by atoms with van der Waals surface area (Å²) in [6, 6.07) is 21.0. The number of hydrogen-bond donors (Lipinski definition) is 0. The van der Waals surface area contributed by atoms with E-state index < -0.39 is 0 Å². The van der Waals surface area contributed by atoms with Crippen LogP contribution in [0.2, 0.25) is 0 Å². The normalized spacial score (nSPS) is 29.4. The number of ether oxygens (including phenoxy) is 2. The molecule has 146 valence electrons. The predicted molar refractivity (Wildman–Crippen MR) is 114 cm³/mol. The lowest BCUT2D eigenvalue weighted by atomic mass is 9.79. The Morgan fingerprint density at radius 1 is 0.963 bits per heavy atom. The zero-order valence-corrected chi connectivity index (χ0v) is 17.7. The predicted octanol–water partition coefficient (Wildman–Crippen LogP) is 6.41. The molecule has 1 fully saturated rings. The van der Waals surface area contributed by atoms with E-state index in [0.29, 0.717) is 24.4 Å². The van der Waals surface area contributed by atoms with Crippen LogP contribution in [0.15, 0.2) is 65.6 Å². The van der Waals surface area contributed by atoms with Crippen LogP contribution in [0.25, 0.3) is 0 Å². The Morgan fingerprint density at radius 3 is 2.22 bits per heavy atom. The van der Waals surface area contributed by atoms with E-state index in [4.69, 9.17) is 9.47 Å². The molecule has 0 radical (unpaired) electrons. The average Bonchev–Trinajstić information content (AvgIpc) is 2.71. The Morgan fingerprint density at radius 2 is 1.59 bits per heavy atom. The van der Waals surface area contributed by atoms with Crippen molar-refractivity contribution in [3.8, 4) is 0 Å². The Bertz CT molecular complexity index is 675. The largest absolute Gasteiger partial charge is 0.370 e. The molecule has 3 heteroatoms. The molecule has 1 aliphatic rings. The smallest absolute Gasteiger partial charge is 0.134 e. The summed E-state index contributed by atoms with van der Waals surface area (Å²) in [5.74, 6) is 1.48. The van der Waals surface area contributed by atoms with E-state index >= 15 is 0 Å². The monoisotopic (exact) mass is 384 g/mol. The third-order valence-electron chi connectivity index (χ3n) is 5.91. The van der Waals surface area contributed by atoms with E-state index in [9.17, 15) is 0 Å². The fourth-order valence-corrected chi connectivity index (χ4v) is 5.04. The first-order chi connectivity index (χ1) is 13.1. The third kappa shape index (κ3) is 5.16. The molecule has 0 aromatic heterocycles. The lowest BCUT2D eigenvalue weighted by molar-refractivity contribution is -0.172. The summed E-state index contributed by atoms with van der Waals surface area (Å²) in [6.07, 6.45) is 1.49. The summed E-state index contributed by atoms with van der Waals surface area (Å²) < 4.78 is 13.1. The summed E-state index contributed by atoms with van der Waals surface area (Å²) >= 11 is 1.80. The molecule has 0 aliphatic carbocycles. The first kappa shape index (κ1) is 20.4. The van der Waals surface area contributed by atoms with Crippen molar-refractivity contribution in [3.63, 3.8) is 0 Å². The van der Waals surface area contributed by atoms with Crippen LogP contribution in [0.1, 0.15) is 39.7 Å². The molecule has 27 heavy (non-hydrogen) atoms. The highest BCUT2D eigenvalue weighted by atomic mass is 32.2. The van der Waals surface area contributed by atoms with Gasteiger partial charge in [-0.3, -0.25) is 0 Å². The van der Waals surface area contributed by atoms with Crippen molar-refractivity contribution >= 4 is 11.8 Å². The molecule has 6 atom stereocenters. The van der Waals surface area contributed by atoms with Crippen LogP contribution in [-0.2, 0) is 16.1 Å². The third-order valence-corrected chi connectivity index (χ3v) is 7.07. The van der Waals surface area contributed by atoms with Gasteiger partial charge >= 0.3 is 0 Å². The molecule has 0 N–H and O–H groups in total. The van der Waals surface area contributed by atoms with E-state index in [1.54, 1.807) is 11.8 Å². The van der Waals surface area contributed by atoms with Crippen LogP contribution in [-0.4, -0.2) is 17.6 Å². The first-order valence-corrected chi connectivity index (χ1v) is 11.0. The van der Waals surface area contributed by atoms with Crippen LogP contribution < -0.4 is 0 Å². The number of hydrogen-bond acceptors (Lipinski definition) is 3. The lowest BCUT2D eigenvalue weighted by Crippen LogP contribution is -2.50. The van der Waals surface area contributed by atoms with Gasteiger partial charge in [0.05, 0.1) is 18.8 Å². The maximum absolute atomic E-state index is 6.66. The minimum Gasteiger partial charge on any atom is -0.370 e. The second-order valence-corrected chi connectivity index (χ2v) is 8.94. The van der Waals surface area contributed by atoms with Gasteiger partial charge in [0.2, 0.25) is 0 Å². The van der Waals surface area contributed by atoms with Crippen LogP contribution in [0.4, 0.5) is 0 Å². The summed E-state index contributed by atoms with van der Waals surface area (Å²) in [7, 11) is 0. The molecule has 3 rings (SSSR count). The lowest BCUT2D eigenvalue weighted by Gasteiger charge is -2.46. The maximum atomic E-state index is 6.66. The van der Waals surface area contributed by atoms with Gasteiger partial charge in [0.15, 0.2) is 0 Å². The van der Waals surface area contributed by atoms with Crippen molar-refractivity contribution in [2.45, 2.75) is 63.3 Å². The van der Waals surface area contributed by atoms with Gasteiger partial charge in [0.1, 0.15) is 5.44 Å². The van der Waals surface area contributed by atoms with Crippen molar-refractivity contribution in [1.82, 2.24) is 0 Å². The van der Waals surface area contributed by atoms with Crippen molar-refractivity contribution in [2.75, 3.05) is 0 Å². The Hall–Kier alpha value is -1.29. The van der Waals surface area contributed by atoms with Gasteiger partial charge in [-0.15, -0.1) is 0 Å². The topological polar surface area (TPSA) is 18.5 Å².